The summed E-state index contributed by atoms with van der Waals surface area (Å²) >= 11 is 13.4. The lowest BCUT2D eigenvalue weighted by Gasteiger charge is -2.39. The highest BCUT2D eigenvalue weighted by Crippen LogP contribution is 2.38. The molecule has 0 saturated carbocycles. The predicted molar refractivity (Wildman–Crippen MR) is 76.8 cm³/mol. The lowest BCUT2D eigenvalue weighted by molar-refractivity contribution is -0.140. The highest BCUT2D eigenvalue weighted by Gasteiger charge is 2.30. The molecule has 102 valence electrons. The first-order valence-corrected chi connectivity index (χ1v) is 7.13. The summed E-state index contributed by atoms with van der Waals surface area (Å²) in [6, 6.07) is 1.71. The largest absolute Gasteiger partial charge is 0.480 e. The zero-order valence-corrected chi connectivity index (χ0v) is 13.2. The van der Waals surface area contributed by atoms with Gasteiger partial charge in [0, 0.05) is 17.1 Å². The molecule has 0 saturated heterocycles. The molecule has 1 aromatic rings. The van der Waals surface area contributed by atoms with Gasteiger partial charge >= 0.3 is 5.97 Å². The third kappa shape index (κ3) is 3.85. The summed E-state index contributed by atoms with van der Waals surface area (Å²) in [6.45, 7) is 7.85. The van der Waals surface area contributed by atoms with E-state index in [4.69, 9.17) is 28.3 Å². The summed E-state index contributed by atoms with van der Waals surface area (Å²) in [5, 5.41) is 9.02. The van der Waals surface area contributed by atoms with Crippen LogP contribution in [0.3, 0.4) is 0 Å². The molecule has 1 unspecified atom stereocenters. The molecule has 0 aliphatic rings. The number of aliphatic carboxylic acids is 1. The summed E-state index contributed by atoms with van der Waals surface area (Å²) in [4.78, 5) is 12.9. The summed E-state index contributed by atoms with van der Waals surface area (Å²) < 4.78 is 1.23. The normalized spacial score (nSPS) is 13.9. The van der Waals surface area contributed by atoms with E-state index < -0.39 is 5.97 Å². The van der Waals surface area contributed by atoms with Gasteiger partial charge in [0.25, 0.3) is 0 Å². The van der Waals surface area contributed by atoms with Gasteiger partial charge < -0.3 is 5.11 Å². The van der Waals surface area contributed by atoms with E-state index in [0.29, 0.717) is 8.67 Å². The van der Waals surface area contributed by atoms with Crippen LogP contribution in [-0.4, -0.2) is 28.1 Å². The first-order valence-electron chi connectivity index (χ1n) is 5.56. The van der Waals surface area contributed by atoms with E-state index in [9.17, 15) is 4.79 Å². The molecule has 0 bridgehead atoms. The van der Waals surface area contributed by atoms with Gasteiger partial charge in [0.1, 0.15) is 0 Å². The predicted octanol–water partition coefficient (Wildman–Crippen LogP) is 4.30. The van der Waals surface area contributed by atoms with Crippen molar-refractivity contribution in [1.82, 2.24) is 4.90 Å². The van der Waals surface area contributed by atoms with E-state index in [0.717, 1.165) is 5.56 Å². The topological polar surface area (TPSA) is 40.5 Å². The Morgan fingerprint density at radius 1 is 1.50 bits per heavy atom. The SMILES string of the molecule is CC(c1cc(Cl)sc1Cl)N(CC(=O)O)C(C)(C)C. The molecule has 0 aliphatic carbocycles. The van der Waals surface area contributed by atoms with E-state index in [1.165, 1.54) is 11.3 Å². The van der Waals surface area contributed by atoms with Gasteiger partial charge in [0.05, 0.1) is 15.2 Å². The van der Waals surface area contributed by atoms with Crippen molar-refractivity contribution in [1.29, 1.82) is 0 Å². The molecular formula is C12H17Cl2NO2S. The third-order valence-electron chi connectivity index (χ3n) is 2.77. The molecule has 0 radical (unpaired) electrons. The number of nitrogens with zero attached hydrogens (tertiary/aromatic N) is 1. The second kappa shape index (κ2) is 5.78. The third-order valence-corrected chi connectivity index (χ3v) is 4.29. The number of carboxylic acid groups (broad SMARTS) is 1. The molecule has 0 spiro atoms. The Morgan fingerprint density at radius 3 is 2.39 bits per heavy atom. The van der Waals surface area contributed by atoms with Crippen molar-refractivity contribution in [2.24, 2.45) is 0 Å². The van der Waals surface area contributed by atoms with Crippen molar-refractivity contribution < 1.29 is 9.90 Å². The molecule has 1 aromatic heterocycles. The standard InChI is InChI=1S/C12H17Cl2NO2S/c1-7(8-5-9(13)18-11(8)14)15(6-10(16)17)12(2,3)4/h5,7H,6H2,1-4H3,(H,16,17). The first-order chi connectivity index (χ1) is 8.12. The van der Waals surface area contributed by atoms with Gasteiger partial charge in [-0.1, -0.05) is 23.2 Å². The fourth-order valence-corrected chi connectivity index (χ4v) is 3.54. The number of rotatable bonds is 4. The van der Waals surface area contributed by atoms with Gasteiger partial charge in [0.15, 0.2) is 0 Å². The fourth-order valence-electron chi connectivity index (χ4n) is 1.91. The Morgan fingerprint density at radius 2 is 2.06 bits per heavy atom. The van der Waals surface area contributed by atoms with E-state index in [-0.39, 0.29) is 18.1 Å². The van der Waals surface area contributed by atoms with Crippen LogP contribution in [0.2, 0.25) is 8.67 Å². The summed E-state index contributed by atoms with van der Waals surface area (Å²) in [5.41, 5.74) is 0.609. The van der Waals surface area contributed by atoms with Crippen molar-refractivity contribution in [3.63, 3.8) is 0 Å². The molecule has 0 aliphatic heterocycles. The van der Waals surface area contributed by atoms with Crippen LogP contribution in [0.5, 0.6) is 0 Å². The maximum Gasteiger partial charge on any atom is 0.317 e. The van der Waals surface area contributed by atoms with E-state index in [1.54, 1.807) is 6.07 Å². The van der Waals surface area contributed by atoms with Gasteiger partial charge in [-0.05, 0) is 33.8 Å². The average Bonchev–Trinajstić information content (AvgIpc) is 2.51. The van der Waals surface area contributed by atoms with Crippen LogP contribution < -0.4 is 0 Å². The maximum atomic E-state index is 11.0. The Labute approximate surface area is 121 Å². The molecular weight excluding hydrogens is 293 g/mol. The highest BCUT2D eigenvalue weighted by atomic mass is 35.5. The molecule has 0 amide bonds. The molecule has 1 rings (SSSR count). The summed E-state index contributed by atoms with van der Waals surface area (Å²) in [6.07, 6.45) is 0. The lowest BCUT2D eigenvalue weighted by atomic mass is 10.0. The number of carboxylic acids is 1. The van der Waals surface area contributed by atoms with Crippen LogP contribution in [-0.2, 0) is 4.79 Å². The number of halogens is 2. The molecule has 3 nitrogen and oxygen atoms in total. The average molecular weight is 310 g/mol. The van der Waals surface area contributed by atoms with Gasteiger partial charge in [-0.15, -0.1) is 11.3 Å². The summed E-state index contributed by atoms with van der Waals surface area (Å²) in [7, 11) is 0. The highest BCUT2D eigenvalue weighted by molar-refractivity contribution is 7.20. The second-order valence-corrected chi connectivity index (χ2v) is 7.43. The second-order valence-electron chi connectivity index (χ2n) is 5.15. The van der Waals surface area contributed by atoms with Crippen LogP contribution in [0, 0.1) is 0 Å². The van der Waals surface area contributed by atoms with Gasteiger partial charge in [0.2, 0.25) is 0 Å². The molecule has 6 heteroatoms. The minimum atomic E-state index is -0.853. The Kier molecular flexibility index (Phi) is 5.06. The Hall–Kier alpha value is -0.290. The Bertz CT molecular complexity index is 440. The number of carbonyl (C=O) groups is 1. The van der Waals surface area contributed by atoms with Crippen molar-refractivity contribution in [3.8, 4) is 0 Å². The smallest absolute Gasteiger partial charge is 0.317 e. The molecule has 0 aromatic carbocycles. The van der Waals surface area contributed by atoms with E-state index >= 15 is 0 Å². The van der Waals surface area contributed by atoms with Crippen molar-refractivity contribution in [2.45, 2.75) is 39.3 Å². The van der Waals surface area contributed by atoms with Crippen LogP contribution in [0.4, 0.5) is 0 Å². The maximum absolute atomic E-state index is 11.0. The minimum absolute atomic E-state index is 0.0333. The lowest BCUT2D eigenvalue weighted by Crippen LogP contribution is -2.45. The monoisotopic (exact) mass is 309 g/mol. The molecule has 1 heterocycles. The van der Waals surface area contributed by atoms with Gasteiger partial charge in [-0.2, -0.15) is 0 Å². The van der Waals surface area contributed by atoms with Crippen molar-refractivity contribution in [2.75, 3.05) is 6.54 Å². The van der Waals surface area contributed by atoms with Crippen molar-refractivity contribution in [3.05, 3.63) is 20.3 Å². The number of hydrogen-bond acceptors (Lipinski definition) is 3. The first kappa shape index (κ1) is 15.8. The van der Waals surface area contributed by atoms with Crippen LogP contribution in [0.25, 0.3) is 0 Å². The zero-order chi connectivity index (χ0) is 14.1. The Balaban J connectivity index is 3.06. The van der Waals surface area contributed by atoms with Gasteiger partial charge in [-0.25, -0.2) is 0 Å². The van der Waals surface area contributed by atoms with E-state index in [2.05, 4.69) is 0 Å². The minimum Gasteiger partial charge on any atom is -0.480 e. The molecule has 18 heavy (non-hydrogen) atoms. The van der Waals surface area contributed by atoms with Crippen LogP contribution >= 0.6 is 34.5 Å². The quantitative estimate of drug-likeness (QED) is 0.901. The van der Waals surface area contributed by atoms with Crippen LogP contribution in [0.15, 0.2) is 6.07 Å². The van der Waals surface area contributed by atoms with Crippen LogP contribution in [0.1, 0.15) is 39.3 Å². The zero-order valence-electron chi connectivity index (χ0n) is 10.8. The number of thiophene rings is 1. The molecule has 0 fully saturated rings. The van der Waals surface area contributed by atoms with E-state index in [1.807, 2.05) is 32.6 Å². The number of hydrogen-bond donors (Lipinski definition) is 1. The molecule has 1 N–H and O–H groups in total. The fraction of sp³-hybridized carbons (Fsp3) is 0.583. The van der Waals surface area contributed by atoms with Gasteiger partial charge in [-0.3, -0.25) is 9.69 Å². The summed E-state index contributed by atoms with van der Waals surface area (Å²) in [5.74, 6) is -0.853. The molecule has 1 atom stereocenters. The van der Waals surface area contributed by atoms with Crippen molar-refractivity contribution >= 4 is 40.5 Å².